The molecule has 0 radical (unpaired) electrons. The van der Waals surface area contributed by atoms with Crippen LogP contribution in [-0.2, 0) is 0 Å². The van der Waals surface area contributed by atoms with Crippen molar-refractivity contribution in [3.05, 3.63) is 39.9 Å². The van der Waals surface area contributed by atoms with Crippen LogP contribution in [0.15, 0.2) is 29.4 Å². The van der Waals surface area contributed by atoms with Crippen molar-refractivity contribution >= 4 is 17.4 Å². The molecule has 0 heterocycles. The molecule has 4 saturated carbocycles. The van der Waals surface area contributed by atoms with Gasteiger partial charge in [-0.15, -0.1) is 0 Å². The van der Waals surface area contributed by atoms with Gasteiger partial charge in [0.1, 0.15) is 0 Å². The largest absolute Gasteiger partial charge is 0.335 e. The lowest BCUT2D eigenvalue weighted by atomic mass is 9.53. The van der Waals surface area contributed by atoms with E-state index in [0.29, 0.717) is 5.71 Å². The van der Waals surface area contributed by atoms with Gasteiger partial charge in [-0.25, -0.2) is 10.2 Å². The van der Waals surface area contributed by atoms with Crippen molar-refractivity contribution < 1.29 is 9.72 Å². The molecule has 7 nitrogen and oxygen atoms in total. The summed E-state index contributed by atoms with van der Waals surface area (Å²) in [7, 11) is 0. The van der Waals surface area contributed by atoms with E-state index >= 15 is 0 Å². The van der Waals surface area contributed by atoms with E-state index in [4.69, 9.17) is 0 Å². The molecular weight excluding hydrogens is 332 g/mol. The van der Waals surface area contributed by atoms with Crippen molar-refractivity contribution in [3.63, 3.8) is 0 Å². The molecule has 4 bridgehead atoms. The molecule has 0 saturated heterocycles. The second kappa shape index (κ2) is 6.37. The number of nitro benzene ring substituents is 1. The first-order valence-corrected chi connectivity index (χ1v) is 9.30. The van der Waals surface area contributed by atoms with E-state index < -0.39 is 4.92 Å². The summed E-state index contributed by atoms with van der Waals surface area (Å²) in [6.07, 6.45) is 7.28. The van der Waals surface area contributed by atoms with Gasteiger partial charge in [0.05, 0.1) is 10.6 Å². The summed E-state index contributed by atoms with van der Waals surface area (Å²) in [5.74, 6) is 2.31. The number of nitrogens with one attached hydrogen (secondary N) is 2. The molecule has 26 heavy (non-hydrogen) atoms. The van der Waals surface area contributed by atoms with E-state index in [1.165, 1.54) is 31.4 Å². The minimum atomic E-state index is -0.437. The molecule has 0 atom stereocenters. The number of hydrazone groups is 1. The van der Waals surface area contributed by atoms with E-state index in [9.17, 15) is 14.9 Å². The molecule has 2 amide bonds. The van der Waals surface area contributed by atoms with Crippen LogP contribution in [0.25, 0.3) is 0 Å². The zero-order valence-corrected chi connectivity index (χ0v) is 14.9. The third-order valence-electron chi connectivity index (χ3n) is 6.24. The van der Waals surface area contributed by atoms with E-state index in [1.54, 1.807) is 19.1 Å². The Balaban J connectivity index is 1.37. The lowest BCUT2D eigenvalue weighted by Crippen LogP contribution is -2.61. The Bertz CT molecular complexity index is 721. The second-order valence-corrected chi connectivity index (χ2v) is 8.27. The summed E-state index contributed by atoms with van der Waals surface area (Å²) in [6, 6.07) is 5.88. The highest BCUT2D eigenvalue weighted by Gasteiger charge is 2.51. The number of amides is 2. The number of benzene rings is 1. The Hall–Kier alpha value is -2.44. The third-order valence-corrected chi connectivity index (χ3v) is 6.24. The lowest BCUT2D eigenvalue weighted by Gasteiger charge is -2.56. The number of nitro groups is 1. The average Bonchev–Trinajstić information content (AvgIpc) is 2.58. The third kappa shape index (κ3) is 3.30. The molecule has 0 unspecified atom stereocenters. The van der Waals surface area contributed by atoms with E-state index in [2.05, 4.69) is 15.8 Å². The van der Waals surface area contributed by atoms with Crippen LogP contribution in [0.2, 0.25) is 0 Å². The number of carbonyl (C=O) groups excluding carboxylic acids is 1. The summed E-state index contributed by atoms with van der Waals surface area (Å²) in [6.45, 7) is 1.77. The minimum absolute atomic E-state index is 0.0362. The number of nitrogens with zero attached hydrogens (tertiary/aromatic N) is 2. The monoisotopic (exact) mass is 356 g/mol. The maximum Gasteiger partial charge on any atom is 0.335 e. The molecule has 4 fully saturated rings. The van der Waals surface area contributed by atoms with E-state index in [1.807, 2.05) is 0 Å². The Kier molecular flexibility index (Phi) is 4.17. The van der Waals surface area contributed by atoms with Crippen LogP contribution >= 0.6 is 0 Å². The minimum Gasteiger partial charge on any atom is -0.331 e. The highest BCUT2D eigenvalue weighted by atomic mass is 16.6. The van der Waals surface area contributed by atoms with Gasteiger partial charge in [0.25, 0.3) is 5.69 Å². The van der Waals surface area contributed by atoms with E-state index in [-0.39, 0.29) is 17.3 Å². The summed E-state index contributed by atoms with van der Waals surface area (Å²) in [5.41, 5.74) is 3.94. The fourth-order valence-corrected chi connectivity index (χ4v) is 5.56. The highest BCUT2D eigenvalue weighted by Crippen LogP contribution is 2.55. The van der Waals surface area contributed by atoms with E-state index in [0.717, 1.165) is 42.6 Å². The van der Waals surface area contributed by atoms with Gasteiger partial charge in [-0.2, -0.15) is 5.10 Å². The molecule has 1 aromatic rings. The number of carbonyl (C=O) groups is 1. The normalized spacial score (nSPS) is 32.3. The van der Waals surface area contributed by atoms with Gasteiger partial charge in [0, 0.05) is 17.7 Å². The van der Waals surface area contributed by atoms with Crippen LogP contribution in [0.5, 0.6) is 0 Å². The topological polar surface area (TPSA) is 96.6 Å². The molecule has 1 aromatic carbocycles. The van der Waals surface area contributed by atoms with Gasteiger partial charge in [0.2, 0.25) is 0 Å². The number of rotatable bonds is 4. The van der Waals surface area contributed by atoms with Crippen LogP contribution in [0.3, 0.4) is 0 Å². The lowest BCUT2D eigenvalue weighted by molar-refractivity contribution is -0.384. The fourth-order valence-electron chi connectivity index (χ4n) is 5.56. The number of urea groups is 1. The van der Waals surface area contributed by atoms with Crippen LogP contribution in [0, 0.1) is 27.9 Å². The Morgan fingerprint density at radius 1 is 1.12 bits per heavy atom. The quantitative estimate of drug-likeness (QED) is 0.490. The Morgan fingerprint density at radius 3 is 2.15 bits per heavy atom. The Labute approximate surface area is 152 Å². The first-order valence-electron chi connectivity index (χ1n) is 9.30. The van der Waals surface area contributed by atoms with Crippen LogP contribution < -0.4 is 10.7 Å². The number of hydrogen-bond acceptors (Lipinski definition) is 4. The van der Waals surface area contributed by atoms with Crippen LogP contribution in [0.1, 0.15) is 51.0 Å². The van der Waals surface area contributed by atoms with Gasteiger partial charge >= 0.3 is 6.03 Å². The molecule has 0 spiro atoms. The van der Waals surface area contributed by atoms with Crippen molar-refractivity contribution in [1.29, 1.82) is 0 Å². The molecule has 138 valence electrons. The first kappa shape index (κ1) is 17.0. The number of hydrogen-bond donors (Lipinski definition) is 2. The standard InChI is InChI=1S/C19H24N4O3/c1-12(16-2-4-17(5-3-16)23(25)26)21-22-18(24)20-19-9-13-6-14(10-19)8-15(7-13)11-19/h2-5,13-15H,6-11H2,1H3,(H2,20,22,24). The summed E-state index contributed by atoms with van der Waals surface area (Å²) < 4.78 is 0. The van der Waals surface area contributed by atoms with Crippen molar-refractivity contribution in [3.8, 4) is 0 Å². The molecule has 4 aliphatic rings. The molecule has 0 aliphatic heterocycles. The van der Waals surface area contributed by atoms with Gasteiger partial charge < -0.3 is 5.32 Å². The van der Waals surface area contributed by atoms with Gasteiger partial charge in [-0.3, -0.25) is 10.1 Å². The zero-order chi connectivity index (χ0) is 18.3. The highest BCUT2D eigenvalue weighted by molar-refractivity contribution is 5.99. The predicted molar refractivity (Wildman–Crippen MR) is 97.9 cm³/mol. The maximum absolute atomic E-state index is 12.4. The van der Waals surface area contributed by atoms with Crippen LogP contribution in [0.4, 0.5) is 10.5 Å². The smallest absolute Gasteiger partial charge is 0.331 e. The average molecular weight is 356 g/mol. The summed E-state index contributed by atoms with van der Waals surface area (Å²) in [5, 5.41) is 18.1. The Morgan fingerprint density at radius 2 is 1.65 bits per heavy atom. The zero-order valence-electron chi connectivity index (χ0n) is 14.9. The molecule has 5 rings (SSSR count). The SMILES string of the molecule is CC(=NNC(=O)NC12CC3CC(CC(C3)C1)C2)c1ccc([N+](=O)[O-])cc1. The fraction of sp³-hybridized carbons (Fsp3) is 0.579. The van der Waals surface area contributed by atoms with Gasteiger partial charge in [-0.05, 0) is 80.9 Å². The molecule has 0 aromatic heterocycles. The molecular formula is C19H24N4O3. The summed E-state index contributed by atoms with van der Waals surface area (Å²) >= 11 is 0. The van der Waals surface area contributed by atoms with Crippen molar-refractivity contribution in [2.24, 2.45) is 22.9 Å². The molecule has 2 N–H and O–H groups in total. The predicted octanol–water partition coefficient (Wildman–Crippen LogP) is 3.59. The maximum atomic E-state index is 12.4. The van der Waals surface area contributed by atoms with Crippen molar-refractivity contribution in [2.45, 2.75) is 51.0 Å². The molecule has 7 heteroatoms. The molecule has 4 aliphatic carbocycles. The van der Waals surface area contributed by atoms with Crippen molar-refractivity contribution in [1.82, 2.24) is 10.7 Å². The second-order valence-electron chi connectivity index (χ2n) is 8.27. The van der Waals surface area contributed by atoms with Crippen molar-refractivity contribution in [2.75, 3.05) is 0 Å². The first-order chi connectivity index (χ1) is 12.4. The van der Waals surface area contributed by atoms with Gasteiger partial charge in [0.15, 0.2) is 0 Å². The van der Waals surface area contributed by atoms with Gasteiger partial charge in [-0.1, -0.05) is 0 Å². The number of non-ortho nitro benzene ring substituents is 1. The summed E-state index contributed by atoms with van der Waals surface area (Å²) in [4.78, 5) is 22.7. The van der Waals surface area contributed by atoms with Crippen LogP contribution in [-0.4, -0.2) is 22.2 Å².